The van der Waals surface area contributed by atoms with Crippen molar-refractivity contribution in [3.8, 4) is 27.4 Å². The molecule has 0 bridgehead atoms. The smallest absolute Gasteiger partial charge is 0.230 e. The molecular weight excluding hydrogens is 296 g/mol. The van der Waals surface area contributed by atoms with Gasteiger partial charge in [0.2, 0.25) is 5.88 Å². The second-order valence-electron chi connectivity index (χ2n) is 4.07. The van der Waals surface area contributed by atoms with Crippen LogP contribution in [0.3, 0.4) is 0 Å². The Kier molecular flexibility index (Phi) is 3.38. The van der Waals surface area contributed by atoms with Crippen LogP contribution >= 0.6 is 22.9 Å². The predicted octanol–water partition coefficient (Wildman–Crippen LogP) is 4.31. The fourth-order valence-electron chi connectivity index (χ4n) is 2.01. The summed E-state index contributed by atoms with van der Waals surface area (Å²) < 4.78 is 10.5. The van der Waals surface area contributed by atoms with E-state index in [1.807, 2.05) is 29.6 Å². The van der Waals surface area contributed by atoms with E-state index in [9.17, 15) is 0 Å². The van der Waals surface area contributed by atoms with E-state index in [0.717, 1.165) is 16.2 Å². The molecule has 102 valence electrons. The van der Waals surface area contributed by atoms with Crippen LogP contribution in [0.25, 0.3) is 21.7 Å². The molecule has 6 heteroatoms. The van der Waals surface area contributed by atoms with E-state index in [0.29, 0.717) is 16.3 Å². The number of anilines is 1. The van der Waals surface area contributed by atoms with Crippen LogP contribution < -0.4 is 10.5 Å². The summed E-state index contributed by atoms with van der Waals surface area (Å²) in [6, 6.07) is 9.32. The van der Waals surface area contributed by atoms with E-state index in [-0.39, 0.29) is 5.88 Å². The maximum absolute atomic E-state index is 6.24. The highest BCUT2D eigenvalue weighted by molar-refractivity contribution is 7.14. The van der Waals surface area contributed by atoms with E-state index >= 15 is 0 Å². The van der Waals surface area contributed by atoms with Crippen molar-refractivity contribution in [2.45, 2.75) is 0 Å². The Morgan fingerprint density at radius 3 is 2.85 bits per heavy atom. The molecular formula is C14H11ClN2O2S. The highest BCUT2D eigenvalue weighted by atomic mass is 35.5. The van der Waals surface area contributed by atoms with Crippen molar-refractivity contribution in [2.24, 2.45) is 0 Å². The van der Waals surface area contributed by atoms with Gasteiger partial charge >= 0.3 is 0 Å². The van der Waals surface area contributed by atoms with Crippen molar-refractivity contribution in [2.75, 3.05) is 12.8 Å². The second-order valence-corrected chi connectivity index (χ2v) is 5.39. The van der Waals surface area contributed by atoms with Gasteiger partial charge in [-0.3, -0.25) is 0 Å². The van der Waals surface area contributed by atoms with E-state index in [1.54, 1.807) is 13.2 Å². The molecule has 0 atom stereocenters. The van der Waals surface area contributed by atoms with Crippen LogP contribution in [-0.2, 0) is 0 Å². The minimum atomic E-state index is 0.239. The lowest BCUT2D eigenvalue weighted by Crippen LogP contribution is -1.89. The van der Waals surface area contributed by atoms with Gasteiger partial charge in [0.1, 0.15) is 11.4 Å². The van der Waals surface area contributed by atoms with Crippen LogP contribution in [0.1, 0.15) is 0 Å². The molecule has 0 aliphatic heterocycles. The summed E-state index contributed by atoms with van der Waals surface area (Å²) in [7, 11) is 1.62. The van der Waals surface area contributed by atoms with Crippen LogP contribution in [0, 0.1) is 0 Å². The third-order valence-corrected chi connectivity index (χ3v) is 4.16. The molecule has 2 aromatic heterocycles. The Balaban J connectivity index is 2.23. The predicted molar refractivity (Wildman–Crippen MR) is 81.2 cm³/mol. The Morgan fingerprint density at radius 2 is 2.10 bits per heavy atom. The summed E-state index contributed by atoms with van der Waals surface area (Å²) in [5.74, 6) is 0.972. The molecule has 3 aromatic rings. The van der Waals surface area contributed by atoms with Gasteiger partial charge in [-0.1, -0.05) is 35.0 Å². The zero-order chi connectivity index (χ0) is 14.1. The molecule has 0 spiro atoms. The zero-order valence-corrected chi connectivity index (χ0v) is 12.2. The fraction of sp³-hybridized carbons (Fsp3) is 0.0714. The molecule has 0 radical (unpaired) electrons. The maximum atomic E-state index is 6.24. The number of nitrogens with zero attached hydrogens (tertiary/aromatic N) is 1. The first-order valence-electron chi connectivity index (χ1n) is 5.84. The molecule has 0 aliphatic rings. The molecule has 1 aromatic carbocycles. The van der Waals surface area contributed by atoms with Crippen molar-refractivity contribution in [3.63, 3.8) is 0 Å². The number of thiophene rings is 1. The van der Waals surface area contributed by atoms with Crippen LogP contribution in [0.4, 0.5) is 5.88 Å². The number of methoxy groups -OCH3 is 1. The highest BCUT2D eigenvalue weighted by Gasteiger charge is 2.22. The van der Waals surface area contributed by atoms with E-state index in [2.05, 4.69) is 5.16 Å². The van der Waals surface area contributed by atoms with E-state index < -0.39 is 0 Å². The van der Waals surface area contributed by atoms with Crippen molar-refractivity contribution in [1.82, 2.24) is 5.16 Å². The Morgan fingerprint density at radius 1 is 1.30 bits per heavy atom. The average molecular weight is 307 g/mol. The first-order valence-corrected chi connectivity index (χ1v) is 7.10. The quantitative estimate of drug-likeness (QED) is 0.783. The van der Waals surface area contributed by atoms with E-state index in [4.69, 9.17) is 26.6 Å². The van der Waals surface area contributed by atoms with Gasteiger partial charge in [-0.05, 0) is 17.5 Å². The SMILES string of the molecule is COc1ccsc1-c1noc(N)c1-c1ccccc1Cl. The van der Waals surface area contributed by atoms with Crippen molar-refractivity contribution in [3.05, 3.63) is 40.7 Å². The molecule has 0 unspecified atom stereocenters. The van der Waals surface area contributed by atoms with Crippen molar-refractivity contribution in [1.29, 1.82) is 0 Å². The molecule has 2 N–H and O–H groups in total. The molecule has 0 saturated heterocycles. The average Bonchev–Trinajstić information content (AvgIpc) is 3.05. The van der Waals surface area contributed by atoms with Crippen LogP contribution in [0.2, 0.25) is 5.02 Å². The number of rotatable bonds is 3. The fourth-order valence-corrected chi connectivity index (χ4v) is 3.09. The number of benzene rings is 1. The van der Waals surface area contributed by atoms with Gasteiger partial charge in [0.25, 0.3) is 0 Å². The molecule has 0 aliphatic carbocycles. The summed E-state index contributed by atoms with van der Waals surface area (Å²) in [5, 5.41) is 6.58. The first-order chi connectivity index (χ1) is 9.72. The summed E-state index contributed by atoms with van der Waals surface area (Å²) in [6.07, 6.45) is 0. The lowest BCUT2D eigenvalue weighted by Gasteiger charge is -2.05. The molecule has 3 rings (SSSR count). The molecule has 2 heterocycles. The van der Waals surface area contributed by atoms with Gasteiger partial charge < -0.3 is 15.0 Å². The zero-order valence-electron chi connectivity index (χ0n) is 10.6. The van der Waals surface area contributed by atoms with Crippen LogP contribution in [-0.4, -0.2) is 12.3 Å². The van der Waals surface area contributed by atoms with Gasteiger partial charge in [-0.15, -0.1) is 11.3 Å². The first kappa shape index (κ1) is 13.0. The molecule has 0 fully saturated rings. The standard InChI is InChI=1S/C14H11ClN2O2S/c1-18-10-6-7-20-13(10)12-11(14(16)19-17-12)8-4-2-3-5-9(8)15/h2-7H,16H2,1H3. The number of aromatic nitrogens is 1. The number of ether oxygens (including phenoxy) is 1. The molecule has 0 amide bonds. The van der Waals surface area contributed by atoms with Gasteiger partial charge in [-0.25, -0.2) is 0 Å². The lowest BCUT2D eigenvalue weighted by atomic mass is 10.0. The number of nitrogens with two attached hydrogens (primary N) is 1. The summed E-state index contributed by atoms with van der Waals surface area (Å²) >= 11 is 7.75. The van der Waals surface area contributed by atoms with E-state index in [1.165, 1.54) is 11.3 Å². The Labute approximate surface area is 124 Å². The van der Waals surface area contributed by atoms with Gasteiger partial charge in [-0.2, -0.15) is 0 Å². The third-order valence-electron chi connectivity index (χ3n) is 2.93. The summed E-state index contributed by atoms with van der Waals surface area (Å²) in [4.78, 5) is 0.864. The molecule has 0 saturated carbocycles. The minimum Gasteiger partial charge on any atom is -0.495 e. The lowest BCUT2D eigenvalue weighted by molar-refractivity contribution is 0.416. The number of halogens is 1. The van der Waals surface area contributed by atoms with Crippen molar-refractivity contribution >= 4 is 28.8 Å². The maximum Gasteiger partial charge on any atom is 0.230 e. The normalized spacial score (nSPS) is 10.7. The van der Waals surface area contributed by atoms with Crippen LogP contribution in [0.5, 0.6) is 5.75 Å². The third kappa shape index (κ3) is 2.05. The second kappa shape index (κ2) is 5.19. The Bertz CT molecular complexity index is 751. The summed E-state index contributed by atoms with van der Waals surface area (Å²) in [6.45, 7) is 0. The number of nitrogen functional groups attached to an aromatic ring is 1. The molecule has 4 nitrogen and oxygen atoms in total. The minimum absolute atomic E-state index is 0.239. The number of hydrogen-bond acceptors (Lipinski definition) is 5. The van der Waals surface area contributed by atoms with Gasteiger partial charge in [0.05, 0.1) is 17.6 Å². The summed E-state index contributed by atoms with van der Waals surface area (Å²) in [5.41, 5.74) is 8.04. The van der Waals surface area contributed by atoms with Gasteiger partial charge in [0.15, 0.2) is 0 Å². The number of hydrogen-bond donors (Lipinski definition) is 1. The molecule has 20 heavy (non-hydrogen) atoms. The monoisotopic (exact) mass is 306 g/mol. The van der Waals surface area contributed by atoms with Crippen molar-refractivity contribution < 1.29 is 9.26 Å². The van der Waals surface area contributed by atoms with Gasteiger partial charge in [0, 0.05) is 10.6 Å². The van der Waals surface area contributed by atoms with Crippen LogP contribution in [0.15, 0.2) is 40.2 Å². The largest absolute Gasteiger partial charge is 0.495 e. The highest BCUT2D eigenvalue weighted by Crippen LogP contribution is 2.44. The Hall–Kier alpha value is -1.98. The topological polar surface area (TPSA) is 61.3 Å².